The second kappa shape index (κ2) is 10.1. The number of Topliss-reactive ketones (excluding diaryl/α,β-unsaturated/α-hetero) is 1. The van der Waals surface area contributed by atoms with Crippen LogP contribution in [-0.2, 0) is 20.9 Å². The molecule has 3 heterocycles. The highest BCUT2D eigenvalue weighted by molar-refractivity contribution is 7.98. The minimum absolute atomic E-state index is 0.00444. The van der Waals surface area contributed by atoms with Crippen LogP contribution in [0.1, 0.15) is 18.4 Å². The van der Waals surface area contributed by atoms with E-state index in [9.17, 15) is 23.9 Å². The van der Waals surface area contributed by atoms with Crippen molar-refractivity contribution < 1.29 is 23.9 Å². The number of piperazine rings is 1. The van der Waals surface area contributed by atoms with Crippen molar-refractivity contribution in [2.75, 3.05) is 44.7 Å². The van der Waals surface area contributed by atoms with Crippen LogP contribution in [0.4, 0.5) is 4.39 Å². The summed E-state index contributed by atoms with van der Waals surface area (Å²) >= 11 is 1.79. The van der Waals surface area contributed by atoms with Gasteiger partial charge in [0.25, 0.3) is 5.91 Å². The molecule has 0 spiro atoms. The predicted molar refractivity (Wildman–Crippen MR) is 123 cm³/mol. The van der Waals surface area contributed by atoms with Crippen molar-refractivity contribution in [1.82, 2.24) is 20.0 Å². The molecule has 2 saturated heterocycles. The number of carbonyl (C=O) groups excluding carboxylic acids is 3. The molecule has 0 radical (unpaired) electrons. The number of allylic oxidation sites excluding steroid dienone is 1. The minimum atomic E-state index is -1.11. The molecule has 2 unspecified atom stereocenters. The normalized spacial score (nSPS) is 23.5. The molecule has 178 valence electrons. The smallest absolute Gasteiger partial charge is 0.275 e. The molecule has 0 bridgehead atoms. The number of nitrogens with one attached hydrogen (secondary N) is 1. The Labute approximate surface area is 196 Å². The predicted octanol–water partition coefficient (Wildman–Crippen LogP) is 1.34. The fraction of sp³-hybridized carbons (Fsp3) is 0.522. The molecule has 2 atom stereocenters. The van der Waals surface area contributed by atoms with Crippen LogP contribution in [0.3, 0.4) is 0 Å². The summed E-state index contributed by atoms with van der Waals surface area (Å²) in [5.74, 6) is -2.68. The summed E-state index contributed by atoms with van der Waals surface area (Å²) in [7, 11) is 0. The van der Waals surface area contributed by atoms with Crippen molar-refractivity contribution in [2.45, 2.75) is 25.6 Å². The van der Waals surface area contributed by atoms with E-state index in [1.165, 1.54) is 12.1 Å². The fourth-order valence-electron chi connectivity index (χ4n) is 4.74. The number of aliphatic hydroxyl groups is 1. The highest BCUT2D eigenvalue weighted by Crippen LogP contribution is 2.32. The molecule has 4 rings (SSSR count). The average Bonchev–Trinajstić information content (AvgIpc) is 2.81. The van der Waals surface area contributed by atoms with Gasteiger partial charge in [-0.1, -0.05) is 12.1 Å². The number of hydrogen-bond donors (Lipinski definition) is 2. The third-order valence-electron chi connectivity index (χ3n) is 6.46. The van der Waals surface area contributed by atoms with Gasteiger partial charge in [-0.3, -0.25) is 19.3 Å². The lowest BCUT2D eigenvalue weighted by Crippen LogP contribution is -2.66. The van der Waals surface area contributed by atoms with Crippen LogP contribution in [0.15, 0.2) is 35.7 Å². The van der Waals surface area contributed by atoms with Crippen LogP contribution in [0.5, 0.6) is 0 Å². The lowest BCUT2D eigenvalue weighted by atomic mass is 9.92. The Morgan fingerprint density at radius 2 is 1.97 bits per heavy atom. The van der Waals surface area contributed by atoms with Crippen LogP contribution in [0.2, 0.25) is 0 Å². The standard InChI is InChI=1S/C23H29FN4O4S/c1-33-11-3-9-26-8-2-10-28-18(26)14-27-13-17(20(29)21(30)19(27)23(28)32)22(31)25-12-15-4-6-16(24)7-5-15/h4-7,17-18,30H,2-3,8-14H2,1H3,(H,25,31). The van der Waals surface area contributed by atoms with Crippen LogP contribution >= 0.6 is 11.8 Å². The van der Waals surface area contributed by atoms with Gasteiger partial charge in [0.05, 0.1) is 6.54 Å². The highest BCUT2D eigenvalue weighted by atomic mass is 32.2. The molecular formula is C23H29FN4O4S. The third kappa shape index (κ3) is 4.86. The van der Waals surface area contributed by atoms with Gasteiger partial charge in [0.1, 0.15) is 23.6 Å². The number of hydrogen-bond acceptors (Lipinski definition) is 7. The quantitative estimate of drug-likeness (QED) is 0.453. The van der Waals surface area contributed by atoms with E-state index in [2.05, 4.69) is 16.5 Å². The molecule has 1 aromatic carbocycles. The SMILES string of the molecule is CSCCCN1CCCN2C(=O)C3=C(O)C(=O)C(C(=O)NCc4ccc(F)cc4)CN3CC12. The largest absolute Gasteiger partial charge is 0.503 e. The molecule has 2 amide bonds. The molecule has 10 heteroatoms. The monoisotopic (exact) mass is 476 g/mol. The molecule has 2 fully saturated rings. The summed E-state index contributed by atoms with van der Waals surface area (Å²) in [6.07, 6.45) is 3.79. The molecule has 0 aliphatic carbocycles. The Bertz CT molecular complexity index is 954. The number of carbonyl (C=O) groups is 3. The Morgan fingerprint density at radius 3 is 2.70 bits per heavy atom. The summed E-state index contributed by atoms with van der Waals surface area (Å²) in [4.78, 5) is 44.5. The lowest BCUT2D eigenvalue weighted by molar-refractivity contribution is -0.150. The van der Waals surface area contributed by atoms with Crippen molar-refractivity contribution in [3.05, 3.63) is 47.1 Å². The summed E-state index contributed by atoms with van der Waals surface area (Å²) in [5, 5.41) is 13.3. The third-order valence-corrected chi connectivity index (χ3v) is 7.15. The summed E-state index contributed by atoms with van der Waals surface area (Å²) in [6, 6.07) is 5.71. The van der Waals surface area contributed by atoms with Gasteiger partial charge in [0.15, 0.2) is 5.76 Å². The van der Waals surface area contributed by atoms with E-state index in [0.29, 0.717) is 18.7 Å². The Morgan fingerprint density at radius 1 is 1.21 bits per heavy atom. The summed E-state index contributed by atoms with van der Waals surface area (Å²) in [6.45, 7) is 2.97. The maximum atomic E-state index is 13.2. The van der Waals surface area contributed by atoms with Gasteiger partial charge in [-0.25, -0.2) is 4.39 Å². The maximum Gasteiger partial charge on any atom is 0.275 e. The van der Waals surface area contributed by atoms with E-state index in [1.54, 1.807) is 33.7 Å². The van der Waals surface area contributed by atoms with Gasteiger partial charge in [-0.05, 0) is 42.5 Å². The minimum Gasteiger partial charge on any atom is -0.503 e. The van der Waals surface area contributed by atoms with E-state index < -0.39 is 23.4 Å². The van der Waals surface area contributed by atoms with E-state index in [0.717, 1.165) is 31.7 Å². The Kier molecular flexibility index (Phi) is 7.23. The van der Waals surface area contributed by atoms with Crippen LogP contribution < -0.4 is 5.32 Å². The highest BCUT2D eigenvalue weighted by Gasteiger charge is 2.48. The topological polar surface area (TPSA) is 93.2 Å². The molecule has 0 saturated carbocycles. The first-order valence-corrected chi connectivity index (χ1v) is 12.6. The summed E-state index contributed by atoms with van der Waals surface area (Å²) < 4.78 is 13.1. The van der Waals surface area contributed by atoms with Gasteiger partial charge in [-0.15, -0.1) is 0 Å². The van der Waals surface area contributed by atoms with Crippen molar-refractivity contribution in [3.63, 3.8) is 0 Å². The molecule has 33 heavy (non-hydrogen) atoms. The van der Waals surface area contributed by atoms with Crippen molar-refractivity contribution in [2.24, 2.45) is 5.92 Å². The van der Waals surface area contributed by atoms with E-state index in [1.807, 2.05) is 0 Å². The first kappa shape index (κ1) is 23.6. The number of amides is 2. The van der Waals surface area contributed by atoms with E-state index >= 15 is 0 Å². The Balaban J connectivity index is 1.48. The van der Waals surface area contributed by atoms with Crippen molar-refractivity contribution >= 4 is 29.4 Å². The number of benzene rings is 1. The zero-order valence-corrected chi connectivity index (χ0v) is 19.4. The van der Waals surface area contributed by atoms with Crippen molar-refractivity contribution in [1.29, 1.82) is 0 Å². The number of rotatable bonds is 7. The maximum absolute atomic E-state index is 13.2. The van der Waals surface area contributed by atoms with E-state index in [4.69, 9.17) is 0 Å². The van der Waals surface area contributed by atoms with Gasteiger partial charge in [-0.2, -0.15) is 11.8 Å². The van der Waals surface area contributed by atoms with Gasteiger partial charge in [0, 0.05) is 32.7 Å². The molecule has 1 aromatic rings. The van der Waals surface area contributed by atoms with Crippen molar-refractivity contribution in [3.8, 4) is 0 Å². The first-order chi connectivity index (χ1) is 15.9. The molecule has 3 aliphatic rings. The number of ketones is 1. The van der Waals surface area contributed by atoms with Crippen LogP contribution in [0, 0.1) is 11.7 Å². The average molecular weight is 477 g/mol. The van der Waals surface area contributed by atoms with Gasteiger partial charge >= 0.3 is 0 Å². The molecule has 2 N–H and O–H groups in total. The zero-order chi connectivity index (χ0) is 23.5. The fourth-order valence-corrected chi connectivity index (χ4v) is 5.16. The lowest BCUT2D eigenvalue weighted by Gasteiger charge is -2.51. The zero-order valence-electron chi connectivity index (χ0n) is 18.6. The van der Waals surface area contributed by atoms with E-state index in [-0.39, 0.29) is 36.7 Å². The number of halogens is 1. The molecule has 0 aromatic heterocycles. The molecule has 3 aliphatic heterocycles. The number of aliphatic hydroxyl groups excluding tert-OH is 1. The van der Waals surface area contributed by atoms with Crippen LogP contribution in [-0.4, -0.2) is 88.3 Å². The van der Waals surface area contributed by atoms with Crippen LogP contribution in [0.25, 0.3) is 0 Å². The molecule has 8 nitrogen and oxygen atoms in total. The second-order valence-corrected chi connectivity index (χ2v) is 9.56. The van der Waals surface area contributed by atoms with Gasteiger partial charge in [0.2, 0.25) is 11.7 Å². The van der Waals surface area contributed by atoms with Gasteiger partial charge < -0.3 is 20.2 Å². The number of nitrogens with zero attached hydrogens (tertiary/aromatic N) is 3. The summed E-state index contributed by atoms with van der Waals surface area (Å²) in [5.41, 5.74) is 0.699. The number of thioether (sulfide) groups is 1. The molecular weight excluding hydrogens is 447 g/mol. The Hall–Kier alpha value is -2.59. The number of fused-ring (bicyclic) bond motifs is 2. The first-order valence-electron chi connectivity index (χ1n) is 11.2. The second-order valence-electron chi connectivity index (χ2n) is 8.58.